The second kappa shape index (κ2) is 5.95. The molecule has 2 aromatic carbocycles. The van der Waals surface area contributed by atoms with Crippen LogP contribution in [0.2, 0.25) is 0 Å². The van der Waals surface area contributed by atoms with Crippen molar-refractivity contribution in [1.82, 2.24) is 0 Å². The van der Waals surface area contributed by atoms with Crippen LogP contribution < -0.4 is 5.32 Å². The van der Waals surface area contributed by atoms with E-state index in [1.807, 2.05) is 31.2 Å². The fraction of sp³-hybridized carbons (Fsp3) is 0.235. The predicted molar refractivity (Wildman–Crippen MR) is 80.6 cm³/mol. The van der Waals surface area contributed by atoms with Gasteiger partial charge in [0.25, 0.3) is 0 Å². The first-order valence-corrected chi connectivity index (χ1v) is 6.65. The quantitative estimate of drug-likeness (QED) is 0.873. The minimum absolute atomic E-state index is 0.395. The van der Waals surface area contributed by atoms with Crippen LogP contribution in [0.5, 0.6) is 0 Å². The van der Waals surface area contributed by atoms with Gasteiger partial charge in [0.05, 0.1) is 7.11 Å². The summed E-state index contributed by atoms with van der Waals surface area (Å²) in [5.74, 6) is -0.873. The third-order valence-electron chi connectivity index (χ3n) is 3.44. The zero-order chi connectivity index (χ0) is 15.5. The number of carbonyl (C=O) groups is 1. The van der Waals surface area contributed by atoms with Crippen molar-refractivity contribution in [2.75, 3.05) is 12.4 Å². The lowest BCUT2D eigenvalue weighted by atomic mass is 9.91. The SMILES string of the molecule is COC(=O)C(C)(Nc1ccc(C)cc1)c1cccc(F)c1. The highest BCUT2D eigenvalue weighted by Crippen LogP contribution is 2.28. The van der Waals surface area contributed by atoms with Gasteiger partial charge in [0.2, 0.25) is 0 Å². The third-order valence-corrected chi connectivity index (χ3v) is 3.44. The van der Waals surface area contributed by atoms with Gasteiger partial charge in [0, 0.05) is 5.69 Å². The van der Waals surface area contributed by atoms with E-state index in [-0.39, 0.29) is 0 Å². The van der Waals surface area contributed by atoms with Crippen molar-refractivity contribution in [3.8, 4) is 0 Å². The van der Waals surface area contributed by atoms with Crippen molar-refractivity contribution in [1.29, 1.82) is 0 Å². The van der Waals surface area contributed by atoms with E-state index in [0.717, 1.165) is 11.3 Å². The number of carbonyl (C=O) groups excluding carboxylic acids is 1. The summed E-state index contributed by atoms with van der Waals surface area (Å²) < 4.78 is 18.4. The van der Waals surface area contributed by atoms with Crippen LogP contribution >= 0.6 is 0 Å². The van der Waals surface area contributed by atoms with Crippen molar-refractivity contribution in [2.45, 2.75) is 19.4 Å². The van der Waals surface area contributed by atoms with Gasteiger partial charge in [-0.3, -0.25) is 0 Å². The average molecular weight is 287 g/mol. The van der Waals surface area contributed by atoms with Crippen molar-refractivity contribution < 1.29 is 13.9 Å². The number of ether oxygens (including phenoxy) is 1. The number of hydrogen-bond donors (Lipinski definition) is 1. The van der Waals surface area contributed by atoms with Crippen LogP contribution in [0.1, 0.15) is 18.1 Å². The summed E-state index contributed by atoms with van der Waals surface area (Å²) in [7, 11) is 1.32. The maximum atomic E-state index is 13.5. The van der Waals surface area contributed by atoms with Crippen LogP contribution in [-0.2, 0) is 15.1 Å². The van der Waals surface area contributed by atoms with Crippen molar-refractivity contribution in [3.05, 3.63) is 65.5 Å². The van der Waals surface area contributed by atoms with E-state index in [2.05, 4.69) is 5.32 Å². The molecule has 0 heterocycles. The van der Waals surface area contributed by atoms with E-state index in [0.29, 0.717) is 5.56 Å². The smallest absolute Gasteiger partial charge is 0.335 e. The summed E-state index contributed by atoms with van der Waals surface area (Å²) in [6.07, 6.45) is 0. The van der Waals surface area contributed by atoms with Gasteiger partial charge in [-0.1, -0.05) is 29.8 Å². The Morgan fingerprint density at radius 2 is 1.86 bits per heavy atom. The number of methoxy groups -OCH3 is 1. The van der Waals surface area contributed by atoms with Gasteiger partial charge in [0.1, 0.15) is 5.82 Å². The predicted octanol–water partition coefficient (Wildman–Crippen LogP) is 3.63. The second-order valence-corrected chi connectivity index (χ2v) is 5.12. The maximum Gasteiger partial charge on any atom is 0.335 e. The molecule has 0 bridgehead atoms. The van der Waals surface area contributed by atoms with E-state index in [1.54, 1.807) is 19.1 Å². The zero-order valence-corrected chi connectivity index (χ0v) is 12.3. The number of aryl methyl sites for hydroxylation is 1. The van der Waals surface area contributed by atoms with E-state index in [4.69, 9.17) is 4.74 Å². The number of benzene rings is 2. The molecule has 0 saturated carbocycles. The molecule has 0 aliphatic heterocycles. The number of anilines is 1. The molecule has 2 rings (SSSR count). The fourth-order valence-corrected chi connectivity index (χ4v) is 2.17. The Bertz CT molecular complexity index is 639. The van der Waals surface area contributed by atoms with Crippen LogP contribution in [0, 0.1) is 12.7 Å². The largest absolute Gasteiger partial charge is 0.467 e. The normalized spacial score (nSPS) is 13.3. The van der Waals surface area contributed by atoms with E-state index in [1.165, 1.54) is 19.2 Å². The third kappa shape index (κ3) is 3.21. The van der Waals surface area contributed by atoms with Gasteiger partial charge in [-0.25, -0.2) is 9.18 Å². The first-order chi connectivity index (χ1) is 9.95. The Kier molecular flexibility index (Phi) is 4.26. The average Bonchev–Trinajstić information content (AvgIpc) is 2.48. The van der Waals surface area contributed by atoms with Crippen LogP contribution in [-0.4, -0.2) is 13.1 Å². The van der Waals surface area contributed by atoms with Crippen LogP contribution in [0.25, 0.3) is 0 Å². The zero-order valence-electron chi connectivity index (χ0n) is 12.3. The molecule has 0 fully saturated rings. The Hall–Kier alpha value is -2.36. The standard InChI is InChI=1S/C17H18FNO2/c1-12-7-9-15(10-8-12)19-17(2,16(20)21-3)13-5-4-6-14(18)11-13/h4-11,19H,1-3H3. The lowest BCUT2D eigenvalue weighted by Gasteiger charge is -2.29. The van der Waals surface area contributed by atoms with E-state index in [9.17, 15) is 9.18 Å². The molecular weight excluding hydrogens is 269 g/mol. The monoisotopic (exact) mass is 287 g/mol. The second-order valence-electron chi connectivity index (χ2n) is 5.12. The molecule has 0 saturated heterocycles. The molecule has 0 amide bonds. The van der Waals surface area contributed by atoms with E-state index < -0.39 is 17.3 Å². The summed E-state index contributed by atoms with van der Waals surface area (Å²) in [6.45, 7) is 3.66. The Labute approximate surface area is 123 Å². The summed E-state index contributed by atoms with van der Waals surface area (Å²) in [5.41, 5.74) is 1.23. The summed E-state index contributed by atoms with van der Waals surface area (Å²) >= 11 is 0. The van der Waals surface area contributed by atoms with Gasteiger partial charge in [-0.2, -0.15) is 0 Å². The highest BCUT2D eigenvalue weighted by atomic mass is 19.1. The molecule has 0 spiro atoms. The Morgan fingerprint density at radius 1 is 1.19 bits per heavy atom. The van der Waals surface area contributed by atoms with Gasteiger partial charge >= 0.3 is 5.97 Å². The van der Waals surface area contributed by atoms with E-state index >= 15 is 0 Å². The molecule has 0 aliphatic rings. The molecule has 1 unspecified atom stereocenters. The summed E-state index contributed by atoms with van der Waals surface area (Å²) in [6, 6.07) is 13.6. The maximum absolute atomic E-state index is 13.5. The molecule has 0 aromatic heterocycles. The number of halogens is 1. The topological polar surface area (TPSA) is 38.3 Å². The van der Waals surface area contributed by atoms with Gasteiger partial charge in [-0.15, -0.1) is 0 Å². The van der Waals surface area contributed by atoms with Gasteiger partial charge in [0.15, 0.2) is 5.54 Å². The molecule has 0 radical (unpaired) electrons. The molecule has 2 aromatic rings. The van der Waals surface area contributed by atoms with Crippen LogP contribution in [0.3, 0.4) is 0 Å². The lowest BCUT2D eigenvalue weighted by molar-refractivity contribution is -0.145. The molecule has 4 heteroatoms. The first kappa shape index (κ1) is 15.0. The van der Waals surface area contributed by atoms with Crippen molar-refractivity contribution in [3.63, 3.8) is 0 Å². The van der Waals surface area contributed by atoms with Gasteiger partial charge in [-0.05, 0) is 43.7 Å². The Balaban J connectivity index is 2.42. The molecule has 110 valence electrons. The summed E-state index contributed by atoms with van der Waals surface area (Å²) in [5, 5.41) is 3.14. The minimum atomic E-state index is -1.16. The van der Waals surface area contributed by atoms with Gasteiger partial charge < -0.3 is 10.1 Å². The van der Waals surface area contributed by atoms with Crippen molar-refractivity contribution >= 4 is 11.7 Å². The molecule has 21 heavy (non-hydrogen) atoms. The Morgan fingerprint density at radius 3 is 2.43 bits per heavy atom. The highest BCUT2D eigenvalue weighted by Gasteiger charge is 2.36. The lowest BCUT2D eigenvalue weighted by Crippen LogP contribution is -2.41. The molecule has 1 N–H and O–H groups in total. The highest BCUT2D eigenvalue weighted by molar-refractivity contribution is 5.85. The fourth-order valence-electron chi connectivity index (χ4n) is 2.17. The molecule has 0 aliphatic carbocycles. The number of nitrogens with one attached hydrogen (secondary N) is 1. The number of esters is 1. The van der Waals surface area contributed by atoms with Crippen LogP contribution in [0.4, 0.5) is 10.1 Å². The van der Waals surface area contributed by atoms with Crippen molar-refractivity contribution in [2.24, 2.45) is 0 Å². The van der Waals surface area contributed by atoms with Crippen LogP contribution in [0.15, 0.2) is 48.5 Å². The molecule has 1 atom stereocenters. The minimum Gasteiger partial charge on any atom is -0.467 e. The number of rotatable bonds is 4. The molecular formula is C17H18FNO2. The molecule has 3 nitrogen and oxygen atoms in total. The first-order valence-electron chi connectivity index (χ1n) is 6.65. The number of hydrogen-bond acceptors (Lipinski definition) is 3. The summed E-state index contributed by atoms with van der Waals surface area (Å²) in [4.78, 5) is 12.2.